The molecular weight excluding hydrogens is 214 g/mol. The van der Waals surface area contributed by atoms with Crippen LogP contribution in [0.4, 0.5) is 0 Å². The maximum atomic E-state index is 11.2. The number of nitrogens with two attached hydrogens (primary N) is 1. The second kappa shape index (κ2) is 3.63. The van der Waals surface area contributed by atoms with E-state index in [2.05, 4.69) is 0 Å². The molecule has 0 aliphatic carbocycles. The molecule has 0 atom stereocenters. The molecule has 3 nitrogen and oxygen atoms in total. The highest BCUT2D eigenvalue weighted by molar-refractivity contribution is 5.95. The molecule has 1 aliphatic heterocycles. The van der Waals surface area contributed by atoms with Gasteiger partial charge in [-0.05, 0) is 16.8 Å². The second-order valence-electron chi connectivity index (χ2n) is 4.07. The molecule has 0 bridgehead atoms. The van der Waals surface area contributed by atoms with E-state index in [1.165, 1.54) is 6.26 Å². The first-order valence-corrected chi connectivity index (χ1v) is 5.42. The Morgan fingerprint density at radius 2 is 2.00 bits per heavy atom. The monoisotopic (exact) mass is 225 g/mol. The van der Waals surface area contributed by atoms with Gasteiger partial charge in [0.25, 0.3) is 0 Å². The fourth-order valence-corrected chi connectivity index (χ4v) is 2.12. The van der Waals surface area contributed by atoms with Gasteiger partial charge in [-0.25, -0.2) is 0 Å². The Balaban J connectivity index is 2.19. The van der Waals surface area contributed by atoms with Crippen LogP contribution in [0.2, 0.25) is 0 Å². The fourth-order valence-electron chi connectivity index (χ4n) is 2.12. The molecule has 0 aromatic heterocycles. The molecule has 17 heavy (non-hydrogen) atoms. The number of carbonyl (C=O) groups excluding carboxylic acids is 1. The van der Waals surface area contributed by atoms with Crippen LogP contribution in [0, 0.1) is 0 Å². The van der Waals surface area contributed by atoms with Gasteiger partial charge < -0.3 is 10.5 Å². The molecule has 3 rings (SSSR count). The summed E-state index contributed by atoms with van der Waals surface area (Å²) in [4.78, 5) is 11.2. The van der Waals surface area contributed by atoms with Crippen LogP contribution >= 0.6 is 0 Å². The number of rotatable bonds is 1. The van der Waals surface area contributed by atoms with Gasteiger partial charge in [-0.1, -0.05) is 30.3 Å². The van der Waals surface area contributed by atoms with Crippen LogP contribution in [-0.4, -0.2) is 5.91 Å². The first-order chi connectivity index (χ1) is 8.25. The summed E-state index contributed by atoms with van der Waals surface area (Å²) in [5.74, 6) is 0.372. The van der Waals surface area contributed by atoms with Crippen molar-refractivity contribution in [3.63, 3.8) is 0 Å². The highest BCUT2D eigenvalue weighted by atomic mass is 16.5. The number of carbonyl (C=O) groups is 1. The maximum Gasteiger partial charge on any atom is 0.248 e. The predicted octanol–water partition coefficient (Wildman–Crippen LogP) is 2.14. The van der Waals surface area contributed by atoms with E-state index in [-0.39, 0.29) is 0 Å². The van der Waals surface area contributed by atoms with Gasteiger partial charge in [0.15, 0.2) is 0 Å². The number of primary amides is 1. The highest BCUT2D eigenvalue weighted by Crippen LogP contribution is 2.32. The standard InChI is InChI=1S/C14H11NO2/c15-14(16)10-7-12-11-4-2-1-3-9(11)5-6-13(12)17-8-10/h1-6,8H,7H2,(H2,15,16). The van der Waals surface area contributed by atoms with E-state index in [9.17, 15) is 4.79 Å². The van der Waals surface area contributed by atoms with Crippen molar-refractivity contribution in [2.24, 2.45) is 5.73 Å². The molecule has 1 amide bonds. The average Bonchev–Trinajstić information content (AvgIpc) is 2.38. The maximum absolute atomic E-state index is 11.2. The lowest BCUT2D eigenvalue weighted by Crippen LogP contribution is -2.19. The van der Waals surface area contributed by atoms with Crippen LogP contribution in [0.25, 0.3) is 10.8 Å². The molecule has 0 unspecified atom stereocenters. The molecule has 1 aliphatic rings. The number of ether oxygens (including phenoxy) is 1. The van der Waals surface area contributed by atoms with Gasteiger partial charge in [0.1, 0.15) is 12.0 Å². The molecule has 0 saturated heterocycles. The van der Waals surface area contributed by atoms with E-state index < -0.39 is 5.91 Å². The molecule has 2 aromatic carbocycles. The molecule has 2 N–H and O–H groups in total. The summed E-state index contributed by atoms with van der Waals surface area (Å²) in [5.41, 5.74) is 6.82. The molecule has 1 heterocycles. The Hall–Kier alpha value is -2.29. The van der Waals surface area contributed by atoms with E-state index in [4.69, 9.17) is 10.5 Å². The van der Waals surface area contributed by atoms with Crippen molar-refractivity contribution in [1.82, 2.24) is 0 Å². The molecule has 0 saturated carbocycles. The Labute approximate surface area is 98.5 Å². The zero-order chi connectivity index (χ0) is 11.8. The predicted molar refractivity (Wildman–Crippen MR) is 65.6 cm³/mol. The van der Waals surface area contributed by atoms with Gasteiger partial charge in [0.05, 0.1) is 5.57 Å². The van der Waals surface area contributed by atoms with E-state index in [0.29, 0.717) is 12.0 Å². The van der Waals surface area contributed by atoms with E-state index in [1.54, 1.807) is 0 Å². The van der Waals surface area contributed by atoms with Crippen molar-refractivity contribution < 1.29 is 9.53 Å². The first kappa shape index (κ1) is 9.90. The largest absolute Gasteiger partial charge is 0.464 e. The van der Waals surface area contributed by atoms with Crippen LogP contribution in [-0.2, 0) is 11.2 Å². The van der Waals surface area contributed by atoms with Gasteiger partial charge in [-0.3, -0.25) is 4.79 Å². The van der Waals surface area contributed by atoms with Crippen LogP contribution < -0.4 is 10.5 Å². The third-order valence-electron chi connectivity index (χ3n) is 3.01. The molecule has 0 spiro atoms. The Morgan fingerprint density at radius 1 is 1.18 bits per heavy atom. The minimum absolute atomic E-state index is 0.427. The van der Waals surface area contributed by atoms with Gasteiger partial charge in [-0.2, -0.15) is 0 Å². The quantitative estimate of drug-likeness (QED) is 0.808. The van der Waals surface area contributed by atoms with Crippen molar-refractivity contribution in [1.29, 1.82) is 0 Å². The lowest BCUT2D eigenvalue weighted by molar-refractivity contribution is -0.114. The average molecular weight is 225 g/mol. The van der Waals surface area contributed by atoms with Gasteiger partial charge in [-0.15, -0.1) is 0 Å². The van der Waals surface area contributed by atoms with Crippen LogP contribution in [0.15, 0.2) is 48.2 Å². The zero-order valence-electron chi connectivity index (χ0n) is 9.14. The molecule has 0 fully saturated rings. The summed E-state index contributed by atoms with van der Waals surface area (Å²) in [5, 5.41) is 2.25. The minimum atomic E-state index is -0.427. The molecule has 0 radical (unpaired) electrons. The smallest absolute Gasteiger partial charge is 0.248 e. The molecule has 84 valence electrons. The third-order valence-corrected chi connectivity index (χ3v) is 3.01. The van der Waals surface area contributed by atoms with Crippen LogP contribution in [0.1, 0.15) is 5.56 Å². The van der Waals surface area contributed by atoms with Crippen molar-refractivity contribution in [2.45, 2.75) is 6.42 Å². The summed E-state index contributed by atoms with van der Waals surface area (Å²) in [6.07, 6.45) is 1.98. The highest BCUT2D eigenvalue weighted by Gasteiger charge is 2.18. The summed E-state index contributed by atoms with van der Waals surface area (Å²) in [6, 6.07) is 12.0. The minimum Gasteiger partial charge on any atom is -0.464 e. The summed E-state index contributed by atoms with van der Waals surface area (Å²) >= 11 is 0. The molecular formula is C14H11NO2. The first-order valence-electron chi connectivity index (χ1n) is 5.42. The topological polar surface area (TPSA) is 52.3 Å². The summed E-state index contributed by atoms with van der Waals surface area (Å²) in [6.45, 7) is 0. The van der Waals surface area contributed by atoms with Gasteiger partial charge >= 0.3 is 0 Å². The van der Waals surface area contributed by atoms with Gasteiger partial charge in [0.2, 0.25) is 5.91 Å². The SMILES string of the molecule is NC(=O)C1=COc2ccc3ccccc3c2C1. The number of hydrogen-bond acceptors (Lipinski definition) is 2. The summed E-state index contributed by atoms with van der Waals surface area (Å²) < 4.78 is 5.44. The van der Waals surface area contributed by atoms with Crippen molar-refractivity contribution in [3.05, 3.63) is 53.8 Å². The normalized spacial score (nSPS) is 13.8. The van der Waals surface area contributed by atoms with Crippen molar-refractivity contribution in [2.75, 3.05) is 0 Å². The van der Waals surface area contributed by atoms with E-state index in [0.717, 1.165) is 22.1 Å². The fraction of sp³-hybridized carbons (Fsp3) is 0.0714. The second-order valence-corrected chi connectivity index (χ2v) is 4.07. The number of amides is 1. The molecule has 3 heteroatoms. The number of benzene rings is 2. The Bertz CT molecular complexity index is 644. The molecule has 2 aromatic rings. The van der Waals surface area contributed by atoms with Crippen LogP contribution in [0.3, 0.4) is 0 Å². The lowest BCUT2D eigenvalue weighted by atomic mass is 9.96. The zero-order valence-corrected chi connectivity index (χ0v) is 9.14. The number of fused-ring (bicyclic) bond motifs is 3. The number of hydrogen-bond donors (Lipinski definition) is 1. The van der Waals surface area contributed by atoms with Gasteiger partial charge in [0, 0.05) is 12.0 Å². The van der Waals surface area contributed by atoms with E-state index >= 15 is 0 Å². The Kier molecular flexibility index (Phi) is 2.11. The lowest BCUT2D eigenvalue weighted by Gasteiger charge is -2.17. The third kappa shape index (κ3) is 1.56. The van der Waals surface area contributed by atoms with Crippen molar-refractivity contribution >= 4 is 16.7 Å². The van der Waals surface area contributed by atoms with Crippen molar-refractivity contribution in [3.8, 4) is 5.75 Å². The summed E-state index contributed by atoms with van der Waals surface area (Å²) in [7, 11) is 0. The van der Waals surface area contributed by atoms with Crippen LogP contribution in [0.5, 0.6) is 5.75 Å². The van der Waals surface area contributed by atoms with E-state index in [1.807, 2.05) is 36.4 Å². The Morgan fingerprint density at radius 3 is 2.82 bits per heavy atom.